The highest BCUT2D eigenvalue weighted by molar-refractivity contribution is 7.10. The van der Waals surface area contributed by atoms with E-state index in [1.165, 1.54) is 0 Å². The second-order valence-corrected chi connectivity index (χ2v) is 10.0. The Balaban J connectivity index is 1.40. The van der Waals surface area contributed by atoms with Gasteiger partial charge in [-0.2, -0.15) is 4.98 Å². The molecule has 1 fully saturated rings. The van der Waals surface area contributed by atoms with Gasteiger partial charge in [-0.25, -0.2) is 9.97 Å². The molecule has 2 unspecified atom stereocenters. The van der Waals surface area contributed by atoms with Crippen LogP contribution >= 0.6 is 22.9 Å². The standard InChI is InChI=1S/C25H25ClN8O2S/c1-17(20-5-3-11-37-20)29-23(35)12-19-15-32(24(36)18-4-2-6-27-14-18)9-10-34(19)22-13-21(26)30-25(31-22)33-8-7-28-16-33/h2-8,11,13-14,16-17,19H,9-10,12,15H2,1H3,(H,29,35). The number of pyridine rings is 1. The Bertz CT molecular complexity index is 1350. The lowest BCUT2D eigenvalue weighted by atomic mass is 10.1. The maximum atomic E-state index is 13.2. The minimum absolute atomic E-state index is 0.110. The van der Waals surface area contributed by atoms with Crippen molar-refractivity contribution < 1.29 is 9.59 Å². The van der Waals surface area contributed by atoms with Gasteiger partial charge in [0, 0.05) is 61.8 Å². The summed E-state index contributed by atoms with van der Waals surface area (Å²) in [4.78, 5) is 48.3. The molecule has 4 aromatic heterocycles. The molecule has 0 radical (unpaired) electrons. The molecule has 37 heavy (non-hydrogen) atoms. The van der Waals surface area contributed by atoms with Crippen LogP contribution in [0.3, 0.4) is 0 Å². The van der Waals surface area contributed by atoms with Crippen molar-refractivity contribution in [2.75, 3.05) is 24.5 Å². The number of thiophene rings is 1. The Morgan fingerprint density at radius 3 is 2.81 bits per heavy atom. The fourth-order valence-corrected chi connectivity index (χ4v) is 5.25. The number of rotatable bonds is 7. The minimum atomic E-state index is -0.327. The van der Waals surface area contributed by atoms with E-state index in [4.69, 9.17) is 16.6 Å². The average molecular weight is 537 g/mol. The predicted molar refractivity (Wildman–Crippen MR) is 141 cm³/mol. The fourth-order valence-electron chi connectivity index (χ4n) is 4.35. The highest BCUT2D eigenvalue weighted by Crippen LogP contribution is 2.25. The van der Waals surface area contributed by atoms with Crippen LogP contribution < -0.4 is 10.2 Å². The number of hydrogen-bond donors (Lipinski definition) is 1. The number of aromatic nitrogens is 5. The highest BCUT2D eigenvalue weighted by Gasteiger charge is 2.33. The molecule has 0 aromatic carbocycles. The summed E-state index contributed by atoms with van der Waals surface area (Å²) in [6, 6.07) is 8.68. The largest absolute Gasteiger partial charge is 0.349 e. The van der Waals surface area contributed by atoms with E-state index < -0.39 is 0 Å². The van der Waals surface area contributed by atoms with E-state index in [1.54, 1.807) is 70.1 Å². The van der Waals surface area contributed by atoms with Crippen molar-refractivity contribution in [1.82, 2.24) is 34.7 Å². The molecule has 1 saturated heterocycles. The van der Waals surface area contributed by atoms with Gasteiger partial charge in [-0.3, -0.25) is 19.1 Å². The number of nitrogens with one attached hydrogen (secondary N) is 1. The molecule has 5 heterocycles. The van der Waals surface area contributed by atoms with Gasteiger partial charge >= 0.3 is 0 Å². The monoisotopic (exact) mass is 536 g/mol. The molecular formula is C25H25ClN8O2S. The zero-order valence-corrected chi connectivity index (χ0v) is 21.6. The Morgan fingerprint density at radius 2 is 2.08 bits per heavy atom. The van der Waals surface area contributed by atoms with Crippen molar-refractivity contribution >= 4 is 40.6 Å². The maximum absolute atomic E-state index is 13.2. The Morgan fingerprint density at radius 1 is 1.19 bits per heavy atom. The highest BCUT2D eigenvalue weighted by atomic mass is 35.5. The normalized spacial score (nSPS) is 16.4. The second kappa shape index (κ2) is 11.1. The Hall–Kier alpha value is -3.83. The van der Waals surface area contributed by atoms with Gasteiger partial charge in [-0.05, 0) is 30.5 Å². The van der Waals surface area contributed by atoms with E-state index >= 15 is 0 Å². The molecule has 10 nitrogen and oxygen atoms in total. The molecule has 0 spiro atoms. The number of amides is 2. The summed E-state index contributed by atoms with van der Waals surface area (Å²) in [6.45, 7) is 3.24. The molecule has 190 valence electrons. The first kappa shape index (κ1) is 24.8. The van der Waals surface area contributed by atoms with E-state index in [0.29, 0.717) is 37.0 Å². The molecule has 1 aliphatic rings. The molecule has 2 amide bonds. The van der Waals surface area contributed by atoms with Gasteiger partial charge in [0.25, 0.3) is 5.91 Å². The van der Waals surface area contributed by atoms with E-state index in [2.05, 4.69) is 20.3 Å². The Labute approximate surface area is 223 Å². The van der Waals surface area contributed by atoms with Crippen molar-refractivity contribution in [3.63, 3.8) is 0 Å². The van der Waals surface area contributed by atoms with Gasteiger partial charge in [-0.1, -0.05) is 17.7 Å². The number of piperazine rings is 1. The summed E-state index contributed by atoms with van der Waals surface area (Å²) < 4.78 is 1.67. The second-order valence-electron chi connectivity index (χ2n) is 8.67. The number of hydrogen-bond acceptors (Lipinski definition) is 8. The van der Waals surface area contributed by atoms with Gasteiger partial charge in [0.15, 0.2) is 0 Å². The van der Waals surface area contributed by atoms with Crippen LogP contribution in [0.1, 0.15) is 34.6 Å². The van der Waals surface area contributed by atoms with Crippen molar-refractivity contribution in [3.8, 4) is 5.95 Å². The first-order valence-corrected chi connectivity index (χ1v) is 13.1. The Kier molecular flexibility index (Phi) is 7.42. The first-order chi connectivity index (χ1) is 18.0. The van der Waals surface area contributed by atoms with E-state index in [1.807, 2.05) is 29.3 Å². The molecule has 1 aliphatic heterocycles. The summed E-state index contributed by atoms with van der Waals surface area (Å²) in [5.41, 5.74) is 0.512. The van der Waals surface area contributed by atoms with E-state index in [-0.39, 0.29) is 35.5 Å². The van der Waals surface area contributed by atoms with Crippen LogP contribution in [-0.2, 0) is 4.79 Å². The zero-order chi connectivity index (χ0) is 25.8. The maximum Gasteiger partial charge on any atom is 0.255 e. The zero-order valence-electron chi connectivity index (χ0n) is 20.1. The number of imidazole rings is 1. The van der Waals surface area contributed by atoms with E-state index in [9.17, 15) is 9.59 Å². The van der Waals surface area contributed by atoms with Crippen molar-refractivity contribution in [2.45, 2.75) is 25.4 Å². The molecule has 0 saturated carbocycles. The predicted octanol–water partition coefficient (Wildman–Crippen LogP) is 3.37. The van der Waals surface area contributed by atoms with Crippen LogP contribution in [0.2, 0.25) is 5.15 Å². The molecule has 12 heteroatoms. The number of nitrogens with zero attached hydrogens (tertiary/aromatic N) is 7. The van der Waals surface area contributed by atoms with Crippen LogP contribution in [-0.4, -0.2) is 66.9 Å². The third-order valence-electron chi connectivity index (χ3n) is 6.15. The topological polar surface area (TPSA) is 109 Å². The lowest BCUT2D eigenvalue weighted by Gasteiger charge is -2.42. The minimum Gasteiger partial charge on any atom is -0.349 e. The quantitative estimate of drug-likeness (QED) is 0.361. The molecule has 0 bridgehead atoms. The van der Waals surface area contributed by atoms with Crippen LogP contribution in [0.25, 0.3) is 5.95 Å². The number of anilines is 1. The average Bonchev–Trinajstić information content (AvgIpc) is 3.63. The fraction of sp³-hybridized carbons (Fsp3) is 0.280. The van der Waals surface area contributed by atoms with Crippen molar-refractivity contribution in [3.05, 3.63) is 82.4 Å². The summed E-state index contributed by atoms with van der Waals surface area (Å²) in [5.74, 6) is 0.733. The molecule has 0 aliphatic carbocycles. The SMILES string of the molecule is CC(NC(=O)CC1CN(C(=O)c2cccnc2)CCN1c1cc(Cl)nc(-n2ccnc2)n1)c1cccs1. The van der Waals surface area contributed by atoms with Crippen LogP contribution in [0.4, 0.5) is 5.82 Å². The van der Waals surface area contributed by atoms with Crippen LogP contribution in [0.15, 0.2) is 66.8 Å². The van der Waals surface area contributed by atoms with Crippen molar-refractivity contribution in [2.24, 2.45) is 0 Å². The summed E-state index contributed by atoms with van der Waals surface area (Å²) >= 11 is 7.96. The summed E-state index contributed by atoms with van der Waals surface area (Å²) in [6.07, 6.45) is 8.32. The lowest BCUT2D eigenvalue weighted by Crippen LogP contribution is -2.56. The number of carbonyl (C=O) groups excluding carboxylic acids is 2. The van der Waals surface area contributed by atoms with Crippen LogP contribution in [0.5, 0.6) is 0 Å². The summed E-state index contributed by atoms with van der Waals surface area (Å²) in [7, 11) is 0. The van der Waals surface area contributed by atoms with Gasteiger partial charge in [0.05, 0.1) is 17.6 Å². The van der Waals surface area contributed by atoms with Gasteiger partial charge in [0.1, 0.15) is 17.3 Å². The molecular weight excluding hydrogens is 512 g/mol. The van der Waals surface area contributed by atoms with Gasteiger partial charge < -0.3 is 15.1 Å². The molecule has 5 rings (SSSR count). The van der Waals surface area contributed by atoms with Gasteiger partial charge in [0.2, 0.25) is 11.9 Å². The third-order valence-corrected chi connectivity index (χ3v) is 7.39. The van der Waals surface area contributed by atoms with Crippen molar-refractivity contribution in [1.29, 1.82) is 0 Å². The molecule has 2 atom stereocenters. The van der Waals surface area contributed by atoms with Gasteiger partial charge in [-0.15, -0.1) is 11.3 Å². The third kappa shape index (κ3) is 5.78. The first-order valence-electron chi connectivity index (χ1n) is 11.8. The summed E-state index contributed by atoms with van der Waals surface area (Å²) in [5, 5.41) is 5.34. The molecule has 4 aromatic rings. The van der Waals surface area contributed by atoms with E-state index in [0.717, 1.165) is 4.88 Å². The number of carbonyl (C=O) groups is 2. The number of halogens is 1. The molecule has 1 N–H and O–H groups in total. The smallest absolute Gasteiger partial charge is 0.255 e. The lowest BCUT2D eigenvalue weighted by molar-refractivity contribution is -0.122. The van der Waals surface area contributed by atoms with Crippen LogP contribution in [0, 0.1) is 0 Å².